The predicted molar refractivity (Wildman–Crippen MR) is 71.6 cm³/mol. The minimum absolute atomic E-state index is 0.0627. The molecule has 0 unspecified atom stereocenters. The van der Waals surface area contributed by atoms with Gasteiger partial charge in [0.15, 0.2) is 0 Å². The Bertz CT molecular complexity index is 643. The number of nitrogens with zero attached hydrogens (tertiary/aromatic N) is 1. The predicted octanol–water partition coefficient (Wildman–Crippen LogP) is 2.39. The molecule has 1 saturated heterocycles. The summed E-state index contributed by atoms with van der Waals surface area (Å²) in [5.41, 5.74) is -0.167. The smallest absolute Gasteiger partial charge is 0.290 e. The summed E-state index contributed by atoms with van der Waals surface area (Å²) in [5, 5.41) is 22.0. The maximum absolute atomic E-state index is 11.4. The summed E-state index contributed by atoms with van der Waals surface area (Å²) in [5.74, 6) is -0.845. The average molecular weight is 345 g/mol. The molecule has 1 aromatic carbocycles. The number of nitro groups is 1. The fourth-order valence-electron chi connectivity index (χ4n) is 1.38. The number of rotatable bonds is 2. The quantitative estimate of drug-likeness (QED) is 0.484. The maximum Gasteiger partial charge on any atom is 0.290 e. The van der Waals surface area contributed by atoms with Crippen molar-refractivity contribution in [1.29, 1.82) is 0 Å². The van der Waals surface area contributed by atoms with Crippen LogP contribution in [0.2, 0.25) is 0 Å². The highest BCUT2D eigenvalue weighted by Crippen LogP contribution is 2.36. The molecule has 0 saturated carbocycles. The molecule has 0 spiro atoms. The second kappa shape index (κ2) is 5.02. The molecule has 1 aliphatic rings. The van der Waals surface area contributed by atoms with Gasteiger partial charge in [-0.3, -0.25) is 25.0 Å². The number of nitrogens with one attached hydrogen (secondary N) is 1. The summed E-state index contributed by atoms with van der Waals surface area (Å²) in [4.78, 5) is 32.5. The molecule has 98 valence electrons. The van der Waals surface area contributed by atoms with Gasteiger partial charge in [-0.25, -0.2) is 0 Å². The largest absolute Gasteiger partial charge is 0.506 e. The van der Waals surface area contributed by atoms with Crippen LogP contribution >= 0.6 is 27.7 Å². The van der Waals surface area contributed by atoms with Crippen molar-refractivity contribution in [2.45, 2.75) is 0 Å². The molecule has 0 aliphatic carbocycles. The van der Waals surface area contributed by atoms with Gasteiger partial charge in [-0.1, -0.05) is 0 Å². The van der Waals surface area contributed by atoms with Crippen LogP contribution in [-0.4, -0.2) is 21.2 Å². The van der Waals surface area contributed by atoms with E-state index >= 15 is 0 Å². The molecule has 9 heteroatoms. The number of amides is 2. The normalized spacial score (nSPS) is 16.8. The number of phenolic OH excluding ortho intramolecular Hbond substituents is 1. The summed E-state index contributed by atoms with van der Waals surface area (Å²) < 4.78 is 0.128. The number of carbonyl (C=O) groups excluding carboxylic acids is 2. The Morgan fingerprint density at radius 3 is 2.63 bits per heavy atom. The second-order valence-electron chi connectivity index (χ2n) is 3.47. The van der Waals surface area contributed by atoms with Crippen LogP contribution in [0, 0.1) is 10.1 Å². The number of imide groups is 1. The number of thioether (sulfide) groups is 1. The van der Waals surface area contributed by atoms with E-state index in [1.807, 2.05) is 5.32 Å². The first-order valence-electron chi connectivity index (χ1n) is 4.80. The Labute approximate surface area is 119 Å². The van der Waals surface area contributed by atoms with Gasteiger partial charge in [0, 0.05) is 17.7 Å². The molecule has 0 aromatic heterocycles. The van der Waals surface area contributed by atoms with E-state index in [-0.39, 0.29) is 26.4 Å². The van der Waals surface area contributed by atoms with Crippen LogP contribution < -0.4 is 5.32 Å². The third kappa shape index (κ3) is 2.76. The van der Waals surface area contributed by atoms with Gasteiger partial charge < -0.3 is 5.11 Å². The Morgan fingerprint density at radius 2 is 2.11 bits per heavy atom. The van der Waals surface area contributed by atoms with E-state index < -0.39 is 16.1 Å². The first-order chi connectivity index (χ1) is 8.88. The monoisotopic (exact) mass is 344 g/mol. The molecule has 0 bridgehead atoms. The first kappa shape index (κ1) is 13.6. The number of benzene rings is 1. The zero-order chi connectivity index (χ0) is 14.2. The van der Waals surface area contributed by atoms with Crippen molar-refractivity contribution < 1.29 is 19.6 Å². The molecule has 2 amide bonds. The molecule has 1 fully saturated rings. The number of nitro benzene ring substituents is 1. The Morgan fingerprint density at radius 1 is 1.42 bits per heavy atom. The fraction of sp³-hybridized carbons (Fsp3) is 0. The number of aromatic hydroxyl groups is 1. The van der Waals surface area contributed by atoms with Gasteiger partial charge in [0.2, 0.25) is 0 Å². The third-order valence-corrected chi connectivity index (χ3v) is 3.63. The van der Waals surface area contributed by atoms with E-state index in [1.165, 1.54) is 6.08 Å². The van der Waals surface area contributed by atoms with E-state index in [2.05, 4.69) is 15.9 Å². The van der Waals surface area contributed by atoms with Crippen molar-refractivity contribution in [3.8, 4) is 5.75 Å². The van der Waals surface area contributed by atoms with Crippen LogP contribution in [0.4, 0.5) is 10.5 Å². The average Bonchev–Trinajstić information content (AvgIpc) is 2.63. The van der Waals surface area contributed by atoms with Crippen LogP contribution in [0.5, 0.6) is 5.75 Å². The molecule has 0 radical (unpaired) electrons. The van der Waals surface area contributed by atoms with Gasteiger partial charge in [0.1, 0.15) is 5.75 Å². The molecular weight excluding hydrogens is 340 g/mol. The zero-order valence-corrected chi connectivity index (χ0v) is 11.4. The van der Waals surface area contributed by atoms with Gasteiger partial charge in [-0.05, 0) is 33.8 Å². The van der Waals surface area contributed by atoms with Crippen LogP contribution in [-0.2, 0) is 4.79 Å². The Balaban J connectivity index is 2.51. The molecular formula is C10H5BrN2O5S. The Kier molecular flexibility index (Phi) is 3.58. The van der Waals surface area contributed by atoms with Crippen molar-refractivity contribution in [2.24, 2.45) is 0 Å². The van der Waals surface area contributed by atoms with Crippen LogP contribution in [0.25, 0.3) is 6.08 Å². The summed E-state index contributed by atoms with van der Waals surface area (Å²) in [6.45, 7) is 0. The molecule has 1 aliphatic heterocycles. The van der Waals surface area contributed by atoms with Crippen molar-refractivity contribution in [3.05, 3.63) is 37.2 Å². The Hall–Kier alpha value is -1.87. The highest BCUT2D eigenvalue weighted by Gasteiger charge is 2.26. The molecule has 0 atom stereocenters. The standard InChI is InChI=1S/C10H5BrN2O5S/c11-6-3-5(13(17)18)1-4(8(6)14)2-7-9(15)12-10(16)19-7/h1-3,14H,(H,12,15,16). The van der Waals surface area contributed by atoms with Crippen molar-refractivity contribution in [3.63, 3.8) is 0 Å². The number of non-ortho nitro benzene ring substituents is 1. The number of phenols is 1. The van der Waals surface area contributed by atoms with Crippen LogP contribution in [0.15, 0.2) is 21.5 Å². The van der Waals surface area contributed by atoms with Crippen molar-refractivity contribution in [2.75, 3.05) is 0 Å². The molecule has 2 N–H and O–H groups in total. The number of halogens is 1. The van der Waals surface area contributed by atoms with E-state index in [4.69, 9.17) is 0 Å². The third-order valence-electron chi connectivity index (χ3n) is 2.22. The highest BCUT2D eigenvalue weighted by molar-refractivity contribution is 9.10. The molecule has 7 nitrogen and oxygen atoms in total. The molecule has 1 aromatic rings. The maximum atomic E-state index is 11.4. The van der Waals surface area contributed by atoms with Gasteiger partial charge in [-0.15, -0.1) is 0 Å². The minimum atomic E-state index is -0.626. The lowest BCUT2D eigenvalue weighted by Crippen LogP contribution is -2.17. The van der Waals surface area contributed by atoms with E-state index in [0.717, 1.165) is 12.1 Å². The molecule has 2 rings (SSSR count). The van der Waals surface area contributed by atoms with E-state index in [9.17, 15) is 24.8 Å². The summed E-state index contributed by atoms with van der Waals surface area (Å²) in [7, 11) is 0. The first-order valence-corrected chi connectivity index (χ1v) is 6.41. The van der Waals surface area contributed by atoms with Crippen LogP contribution in [0.3, 0.4) is 0 Å². The minimum Gasteiger partial charge on any atom is -0.506 e. The van der Waals surface area contributed by atoms with Gasteiger partial charge >= 0.3 is 0 Å². The topological polar surface area (TPSA) is 110 Å². The lowest BCUT2D eigenvalue weighted by molar-refractivity contribution is -0.385. The zero-order valence-electron chi connectivity index (χ0n) is 9.05. The van der Waals surface area contributed by atoms with Gasteiger partial charge in [0.25, 0.3) is 16.8 Å². The SMILES string of the molecule is O=C1NC(=O)C(=Cc2cc([N+](=O)[O-])cc(Br)c2O)S1. The fourth-order valence-corrected chi connectivity index (χ4v) is 2.52. The molecule has 1 heterocycles. The number of hydrogen-bond donors (Lipinski definition) is 2. The summed E-state index contributed by atoms with van der Waals surface area (Å²) in [6.07, 6.45) is 1.22. The lowest BCUT2D eigenvalue weighted by Gasteiger charge is -2.02. The number of hydrogen-bond acceptors (Lipinski definition) is 6. The number of carbonyl (C=O) groups is 2. The summed E-state index contributed by atoms with van der Waals surface area (Å²) in [6, 6.07) is 2.26. The lowest BCUT2D eigenvalue weighted by atomic mass is 10.1. The molecule has 19 heavy (non-hydrogen) atoms. The van der Waals surface area contributed by atoms with Gasteiger partial charge in [0.05, 0.1) is 14.3 Å². The highest BCUT2D eigenvalue weighted by atomic mass is 79.9. The summed E-state index contributed by atoms with van der Waals surface area (Å²) >= 11 is 3.65. The van der Waals surface area contributed by atoms with E-state index in [0.29, 0.717) is 11.8 Å². The van der Waals surface area contributed by atoms with Gasteiger partial charge in [-0.2, -0.15) is 0 Å². The van der Waals surface area contributed by atoms with Crippen LogP contribution in [0.1, 0.15) is 5.56 Å². The van der Waals surface area contributed by atoms with Crippen molar-refractivity contribution in [1.82, 2.24) is 5.32 Å². The van der Waals surface area contributed by atoms with Crippen molar-refractivity contribution >= 4 is 50.6 Å². The van der Waals surface area contributed by atoms with E-state index in [1.54, 1.807) is 0 Å². The second-order valence-corrected chi connectivity index (χ2v) is 5.34.